The molecule has 1 aliphatic heterocycles. The van der Waals surface area contributed by atoms with E-state index in [0.717, 1.165) is 18.8 Å². The molecule has 0 amide bonds. The summed E-state index contributed by atoms with van der Waals surface area (Å²) in [7, 11) is 0. The summed E-state index contributed by atoms with van der Waals surface area (Å²) in [5.74, 6) is 0.119. The van der Waals surface area contributed by atoms with Crippen molar-refractivity contribution in [3.8, 4) is 0 Å². The molecule has 0 radical (unpaired) electrons. The third-order valence-corrected chi connectivity index (χ3v) is 2.60. The number of hydrogen-bond donors (Lipinski definition) is 0. The third kappa shape index (κ3) is 2.58. The number of piperidine rings is 1. The average molecular weight is 208 g/mol. The zero-order valence-electron chi connectivity index (χ0n) is 9.03. The minimum absolute atomic E-state index is 0.119. The van der Waals surface area contributed by atoms with Crippen molar-refractivity contribution in [3.63, 3.8) is 0 Å². The van der Waals surface area contributed by atoms with Gasteiger partial charge in [0.25, 0.3) is 6.01 Å². The molecule has 0 spiro atoms. The highest BCUT2D eigenvalue weighted by atomic mass is 16.4. The topological polar surface area (TPSA) is 46.3 Å². The highest BCUT2D eigenvalue weighted by Crippen LogP contribution is 2.19. The van der Waals surface area contributed by atoms with Crippen molar-refractivity contribution in [2.45, 2.75) is 32.6 Å². The van der Waals surface area contributed by atoms with Gasteiger partial charge in [0.2, 0.25) is 0 Å². The summed E-state index contributed by atoms with van der Waals surface area (Å²) in [6.45, 7) is 3.59. The Morgan fingerprint density at radius 1 is 1.47 bits per heavy atom. The van der Waals surface area contributed by atoms with E-state index in [4.69, 9.17) is 4.42 Å². The zero-order chi connectivity index (χ0) is 10.7. The Labute approximate surface area is 89.3 Å². The summed E-state index contributed by atoms with van der Waals surface area (Å²) in [5, 5.41) is 0. The quantitative estimate of drug-likeness (QED) is 0.759. The number of carbonyl (C=O) groups excluding carboxylic acids is 1. The van der Waals surface area contributed by atoms with Crippen LogP contribution in [0, 0.1) is 0 Å². The first-order valence-corrected chi connectivity index (χ1v) is 5.44. The minimum atomic E-state index is 0.119. The van der Waals surface area contributed by atoms with Gasteiger partial charge in [-0.2, -0.15) is 4.98 Å². The molecule has 1 aromatic rings. The summed E-state index contributed by atoms with van der Waals surface area (Å²) in [6.07, 6.45) is 5.65. The number of anilines is 1. The second kappa shape index (κ2) is 4.47. The number of Topliss-reactive ketones (excluding diaryl/α,β-unsaturated/α-hetero) is 1. The van der Waals surface area contributed by atoms with Crippen LogP contribution < -0.4 is 4.90 Å². The van der Waals surface area contributed by atoms with Crippen LogP contribution in [0.25, 0.3) is 0 Å². The first kappa shape index (κ1) is 10.2. The lowest BCUT2D eigenvalue weighted by Crippen LogP contribution is -2.29. The van der Waals surface area contributed by atoms with E-state index < -0.39 is 0 Å². The molecule has 0 aliphatic carbocycles. The number of ketones is 1. The number of nitrogens with zero attached hydrogens (tertiary/aromatic N) is 2. The second-order valence-corrected chi connectivity index (χ2v) is 4.05. The summed E-state index contributed by atoms with van der Waals surface area (Å²) < 4.78 is 5.37. The first-order valence-electron chi connectivity index (χ1n) is 5.44. The van der Waals surface area contributed by atoms with Crippen molar-refractivity contribution in [1.82, 2.24) is 4.98 Å². The Bertz CT molecular complexity index is 340. The Balaban J connectivity index is 2.02. The van der Waals surface area contributed by atoms with E-state index in [1.807, 2.05) is 0 Å². The fourth-order valence-corrected chi connectivity index (χ4v) is 1.86. The van der Waals surface area contributed by atoms with Gasteiger partial charge in [0.05, 0.1) is 12.1 Å². The van der Waals surface area contributed by atoms with Crippen molar-refractivity contribution in [2.75, 3.05) is 18.0 Å². The second-order valence-electron chi connectivity index (χ2n) is 4.05. The molecule has 4 heteroatoms. The van der Waals surface area contributed by atoms with Gasteiger partial charge in [-0.05, 0) is 26.2 Å². The SMILES string of the molecule is CC(=O)Cc1coc(N2CCCCC2)n1. The molecule has 0 bridgehead atoms. The van der Waals surface area contributed by atoms with Crippen LogP contribution in [0.3, 0.4) is 0 Å². The lowest BCUT2D eigenvalue weighted by atomic mass is 10.1. The molecule has 2 rings (SSSR count). The number of oxazole rings is 1. The van der Waals surface area contributed by atoms with Crippen molar-refractivity contribution in [2.24, 2.45) is 0 Å². The number of carbonyl (C=O) groups is 1. The molecule has 4 nitrogen and oxygen atoms in total. The van der Waals surface area contributed by atoms with Crippen LogP contribution in [-0.2, 0) is 11.2 Å². The third-order valence-electron chi connectivity index (χ3n) is 2.60. The molecule has 1 aromatic heterocycles. The van der Waals surface area contributed by atoms with Gasteiger partial charge in [0.15, 0.2) is 0 Å². The molecular weight excluding hydrogens is 192 g/mol. The Morgan fingerprint density at radius 3 is 2.87 bits per heavy atom. The maximum atomic E-state index is 10.9. The van der Waals surface area contributed by atoms with Crippen molar-refractivity contribution in [1.29, 1.82) is 0 Å². The number of rotatable bonds is 3. The fourth-order valence-electron chi connectivity index (χ4n) is 1.86. The smallest absolute Gasteiger partial charge is 0.297 e. The van der Waals surface area contributed by atoms with Crippen LogP contribution in [0.15, 0.2) is 10.7 Å². The van der Waals surface area contributed by atoms with Crippen LogP contribution in [0.2, 0.25) is 0 Å². The van der Waals surface area contributed by atoms with Crippen LogP contribution in [0.4, 0.5) is 6.01 Å². The normalized spacial score (nSPS) is 16.7. The summed E-state index contributed by atoms with van der Waals surface area (Å²) in [5.41, 5.74) is 0.739. The summed E-state index contributed by atoms with van der Waals surface area (Å²) >= 11 is 0. The molecule has 1 fully saturated rings. The van der Waals surface area contributed by atoms with E-state index in [0.29, 0.717) is 12.4 Å². The molecular formula is C11H16N2O2. The summed E-state index contributed by atoms with van der Waals surface area (Å²) in [6, 6.07) is 0.672. The molecule has 0 N–H and O–H groups in total. The zero-order valence-corrected chi connectivity index (χ0v) is 9.03. The molecule has 0 saturated carbocycles. The van der Waals surface area contributed by atoms with Crippen molar-refractivity contribution in [3.05, 3.63) is 12.0 Å². The highest BCUT2D eigenvalue weighted by molar-refractivity contribution is 5.77. The van der Waals surface area contributed by atoms with Gasteiger partial charge in [0, 0.05) is 13.1 Å². The lowest BCUT2D eigenvalue weighted by molar-refractivity contribution is -0.116. The van der Waals surface area contributed by atoms with Crippen molar-refractivity contribution >= 4 is 11.8 Å². The van der Waals surface area contributed by atoms with Gasteiger partial charge in [-0.3, -0.25) is 4.79 Å². The fraction of sp³-hybridized carbons (Fsp3) is 0.636. The summed E-state index contributed by atoms with van der Waals surface area (Å²) in [4.78, 5) is 17.4. The van der Waals surface area contributed by atoms with Gasteiger partial charge in [0.1, 0.15) is 12.0 Å². The van der Waals surface area contributed by atoms with Crippen molar-refractivity contribution < 1.29 is 9.21 Å². The van der Waals surface area contributed by atoms with Gasteiger partial charge in [-0.15, -0.1) is 0 Å². The van der Waals surface area contributed by atoms with Gasteiger partial charge >= 0.3 is 0 Å². The molecule has 0 atom stereocenters. The van der Waals surface area contributed by atoms with E-state index in [1.54, 1.807) is 13.2 Å². The number of aromatic nitrogens is 1. The maximum absolute atomic E-state index is 10.9. The molecule has 15 heavy (non-hydrogen) atoms. The molecule has 0 unspecified atom stereocenters. The van der Waals surface area contributed by atoms with E-state index >= 15 is 0 Å². The van der Waals surface area contributed by atoms with Crippen LogP contribution in [-0.4, -0.2) is 23.9 Å². The van der Waals surface area contributed by atoms with E-state index in [9.17, 15) is 4.79 Å². The first-order chi connectivity index (χ1) is 7.25. The van der Waals surface area contributed by atoms with E-state index in [-0.39, 0.29) is 5.78 Å². The van der Waals surface area contributed by atoms with Gasteiger partial charge < -0.3 is 9.32 Å². The molecule has 1 aliphatic rings. The largest absolute Gasteiger partial charge is 0.432 e. The van der Waals surface area contributed by atoms with Gasteiger partial charge in [-0.25, -0.2) is 0 Å². The Hall–Kier alpha value is -1.32. The maximum Gasteiger partial charge on any atom is 0.297 e. The van der Waals surface area contributed by atoms with Crippen LogP contribution in [0.5, 0.6) is 0 Å². The molecule has 2 heterocycles. The number of hydrogen-bond acceptors (Lipinski definition) is 4. The van der Waals surface area contributed by atoms with E-state index in [2.05, 4.69) is 9.88 Å². The Kier molecular flexibility index (Phi) is 3.04. The van der Waals surface area contributed by atoms with Crippen LogP contribution >= 0.6 is 0 Å². The lowest BCUT2D eigenvalue weighted by Gasteiger charge is -2.24. The van der Waals surface area contributed by atoms with E-state index in [1.165, 1.54) is 19.3 Å². The van der Waals surface area contributed by atoms with Crippen LogP contribution in [0.1, 0.15) is 31.9 Å². The average Bonchev–Trinajstić information content (AvgIpc) is 2.67. The van der Waals surface area contributed by atoms with Gasteiger partial charge in [-0.1, -0.05) is 0 Å². The molecule has 82 valence electrons. The monoisotopic (exact) mass is 208 g/mol. The molecule has 0 aromatic carbocycles. The molecule has 1 saturated heterocycles. The minimum Gasteiger partial charge on any atom is -0.432 e. The Morgan fingerprint density at radius 2 is 2.20 bits per heavy atom. The predicted octanol–water partition coefficient (Wildman–Crippen LogP) is 1.80. The standard InChI is InChI=1S/C11H16N2O2/c1-9(14)7-10-8-15-11(12-10)13-5-3-2-4-6-13/h8H,2-7H2,1H3. The highest BCUT2D eigenvalue weighted by Gasteiger charge is 2.16. The predicted molar refractivity (Wildman–Crippen MR) is 57.0 cm³/mol.